The van der Waals surface area contributed by atoms with Gasteiger partial charge in [0.05, 0.1) is 12.8 Å². The molecule has 0 saturated heterocycles. The number of hydrogen-bond acceptors (Lipinski definition) is 4. The fourth-order valence-electron chi connectivity index (χ4n) is 3.21. The van der Waals surface area contributed by atoms with Crippen LogP contribution in [0.25, 0.3) is 11.7 Å². The van der Waals surface area contributed by atoms with E-state index < -0.39 is 0 Å². The van der Waals surface area contributed by atoms with Gasteiger partial charge in [0, 0.05) is 18.8 Å². The molecule has 2 heterocycles. The van der Waals surface area contributed by atoms with Crippen LogP contribution in [-0.2, 0) is 17.9 Å². The molecule has 0 spiro atoms. The van der Waals surface area contributed by atoms with Crippen LogP contribution in [0.3, 0.4) is 0 Å². The Morgan fingerprint density at radius 2 is 1.88 bits per heavy atom. The van der Waals surface area contributed by atoms with Crippen LogP contribution in [0.2, 0.25) is 5.15 Å². The SMILES string of the molecule is COc1cc(CNC(=O)/C=C/c2c(Cl)nc3ccccn23)ccc1OCc1ccccc1. The number of rotatable bonds is 8. The third-order valence-electron chi connectivity index (χ3n) is 4.85. The summed E-state index contributed by atoms with van der Waals surface area (Å²) < 4.78 is 13.2. The summed E-state index contributed by atoms with van der Waals surface area (Å²) in [6, 6.07) is 21.1. The highest BCUT2D eigenvalue weighted by Crippen LogP contribution is 2.29. The average molecular weight is 448 g/mol. The first-order valence-electron chi connectivity index (χ1n) is 10.1. The minimum Gasteiger partial charge on any atom is -0.493 e. The summed E-state index contributed by atoms with van der Waals surface area (Å²) in [6.07, 6.45) is 4.94. The highest BCUT2D eigenvalue weighted by atomic mass is 35.5. The topological polar surface area (TPSA) is 64.9 Å². The fourth-order valence-corrected chi connectivity index (χ4v) is 3.46. The maximum absolute atomic E-state index is 12.3. The predicted molar refractivity (Wildman–Crippen MR) is 125 cm³/mol. The summed E-state index contributed by atoms with van der Waals surface area (Å²) in [7, 11) is 1.59. The number of hydrogen-bond donors (Lipinski definition) is 1. The number of nitrogens with zero attached hydrogens (tertiary/aromatic N) is 2. The molecule has 4 rings (SSSR count). The summed E-state index contributed by atoms with van der Waals surface area (Å²) in [6.45, 7) is 0.795. The predicted octanol–water partition coefficient (Wildman–Crippen LogP) is 4.90. The number of carbonyl (C=O) groups is 1. The van der Waals surface area contributed by atoms with Crippen LogP contribution in [0, 0.1) is 0 Å². The highest BCUT2D eigenvalue weighted by Gasteiger charge is 2.09. The molecule has 0 atom stereocenters. The van der Waals surface area contributed by atoms with Crippen LogP contribution in [0.4, 0.5) is 0 Å². The van der Waals surface area contributed by atoms with Crippen molar-refractivity contribution < 1.29 is 14.3 Å². The number of pyridine rings is 1. The van der Waals surface area contributed by atoms with Crippen LogP contribution in [0.1, 0.15) is 16.8 Å². The lowest BCUT2D eigenvalue weighted by atomic mass is 10.2. The maximum Gasteiger partial charge on any atom is 0.244 e. The number of nitrogens with one attached hydrogen (secondary N) is 1. The van der Waals surface area contributed by atoms with Crippen LogP contribution in [-0.4, -0.2) is 22.4 Å². The monoisotopic (exact) mass is 447 g/mol. The van der Waals surface area contributed by atoms with Crippen molar-refractivity contribution in [3.63, 3.8) is 0 Å². The lowest BCUT2D eigenvalue weighted by molar-refractivity contribution is -0.116. The van der Waals surface area contributed by atoms with Gasteiger partial charge in [-0.05, 0) is 41.5 Å². The molecule has 2 aromatic carbocycles. The van der Waals surface area contributed by atoms with Gasteiger partial charge in [-0.1, -0.05) is 54.1 Å². The van der Waals surface area contributed by atoms with Crippen LogP contribution >= 0.6 is 11.6 Å². The Bertz CT molecular complexity index is 1250. The van der Waals surface area contributed by atoms with Crippen molar-refractivity contribution in [1.82, 2.24) is 14.7 Å². The lowest BCUT2D eigenvalue weighted by Gasteiger charge is -2.12. The summed E-state index contributed by atoms with van der Waals surface area (Å²) in [4.78, 5) is 16.6. The second-order valence-electron chi connectivity index (χ2n) is 7.03. The number of benzene rings is 2. The lowest BCUT2D eigenvalue weighted by Crippen LogP contribution is -2.20. The third-order valence-corrected chi connectivity index (χ3v) is 5.12. The molecule has 0 saturated carbocycles. The van der Waals surface area contributed by atoms with Gasteiger partial charge < -0.3 is 14.8 Å². The van der Waals surface area contributed by atoms with Gasteiger partial charge in [-0.25, -0.2) is 4.98 Å². The van der Waals surface area contributed by atoms with E-state index in [0.29, 0.717) is 35.5 Å². The summed E-state index contributed by atoms with van der Waals surface area (Å²) in [5, 5.41) is 3.21. The average Bonchev–Trinajstić information content (AvgIpc) is 3.15. The Morgan fingerprint density at radius 3 is 2.69 bits per heavy atom. The zero-order valence-electron chi connectivity index (χ0n) is 17.5. The maximum atomic E-state index is 12.3. The van der Waals surface area contributed by atoms with Crippen molar-refractivity contribution in [3.8, 4) is 11.5 Å². The summed E-state index contributed by atoms with van der Waals surface area (Å²) >= 11 is 6.20. The molecule has 0 aliphatic rings. The van der Waals surface area contributed by atoms with Gasteiger partial charge in [-0.3, -0.25) is 9.20 Å². The van der Waals surface area contributed by atoms with Crippen LogP contribution in [0.15, 0.2) is 79.0 Å². The van der Waals surface area contributed by atoms with E-state index in [1.54, 1.807) is 13.2 Å². The first-order valence-corrected chi connectivity index (χ1v) is 10.4. The van der Waals surface area contributed by atoms with Crippen molar-refractivity contribution in [3.05, 3.63) is 101 Å². The number of fused-ring (bicyclic) bond motifs is 1. The molecule has 1 amide bonds. The Balaban J connectivity index is 1.37. The molecule has 0 radical (unpaired) electrons. The van der Waals surface area contributed by atoms with Crippen LogP contribution < -0.4 is 14.8 Å². The first kappa shape index (κ1) is 21.5. The molecule has 4 aromatic rings. The molecule has 2 aromatic heterocycles. The van der Waals surface area contributed by atoms with Gasteiger partial charge in [0.1, 0.15) is 12.3 Å². The van der Waals surface area contributed by atoms with E-state index in [9.17, 15) is 4.79 Å². The van der Waals surface area contributed by atoms with E-state index in [-0.39, 0.29) is 5.91 Å². The summed E-state index contributed by atoms with van der Waals surface area (Å²) in [5.74, 6) is 1.02. The minimum atomic E-state index is -0.240. The van der Waals surface area contributed by atoms with E-state index in [4.69, 9.17) is 21.1 Å². The van der Waals surface area contributed by atoms with Gasteiger partial charge in [-0.2, -0.15) is 0 Å². The third kappa shape index (κ3) is 5.10. The Morgan fingerprint density at radius 1 is 1.06 bits per heavy atom. The van der Waals surface area contributed by atoms with Crippen molar-refractivity contribution in [2.24, 2.45) is 0 Å². The Kier molecular flexibility index (Phi) is 6.72. The number of aromatic nitrogens is 2. The van der Waals surface area contributed by atoms with Crippen molar-refractivity contribution in [1.29, 1.82) is 0 Å². The fraction of sp³-hybridized carbons (Fsp3) is 0.120. The number of methoxy groups -OCH3 is 1. The molecule has 32 heavy (non-hydrogen) atoms. The van der Waals surface area contributed by atoms with E-state index in [0.717, 1.165) is 16.8 Å². The number of carbonyl (C=O) groups excluding carboxylic acids is 1. The first-order chi connectivity index (χ1) is 15.6. The number of ether oxygens (including phenoxy) is 2. The number of amides is 1. The quantitative estimate of drug-likeness (QED) is 0.390. The van der Waals surface area contributed by atoms with Gasteiger partial charge in [0.2, 0.25) is 5.91 Å². The minimum absolute atomic E-state index is 0.240. The van der Waals surface area contributed by atoms with Gasteiger partial charge in [-0.15, -0.1) is 0 Å². The smallest absolute Gasteiger partial charge is 0.244 e. The van der Waals surface area contributed by atoms with E-state index in [2.05, 4.69) is 10.3 Å². The van der Waals surface area contributed by atoms with E-state index >= 15 is 0 Å². The zero-order chi connectivity index (χ0) is 22.3. The molecule has 6 nitrogen and oxygen atoms in total. The highest BCUT2D eigenvalue weighted by molar-refractivity contribution is 6.31. The largest absolute Gasteiger partial charge is 0.493 e. The van der Waals surface area contributed by atoms with Crippen molar-refractivity contribution >= 4 is 29.2 Å². The van der Waals surface area contributed by atoms with Gasteiger partial charge >= 0.3 is 0 Å². The molecule has 0 aliphatic heterocycles. The van der Waals surface area contributed by atoms with E-state index in [1.165, 1.54) is 6.08 Å². The molecule has 0 unspecified atom stereocenters. The standard InChI is InChI=1S/C25H22ClN3O3/c1-31-22-15-19(10-12-21(22)32-17-18-7-3-2-4-8-18)16-27-24(30)13-11-20-25(26)28-23-9-5-6-14-29(20)23/h2-15H,16-17H2,1H3,(H,27,30)/b13-11+. The second-order valence-corrected chi connectivity index (χ2v) is 7.39. The van der Waals surface area contributed by atoms with Gasteiger partial charge in [0.25, 0.3) is 0 Å². The van der Waals surface area contributed by atoms with E-state index in [1.807, 2.05) is 77.3 Å². The molecular formula is C25H22ClN3O3. The molecule has 0 bridgehead atoms. The Hall–Kier alpha value is -3.77. The molecule has 7 heteroatoms. The molecule has 0 aliphatic carbocycles. The molecule has 1 N–H and O–H groups in total. The molecular weight excluding hydrogens is 426 g/mol. The van der Waals surface area contributed by atoms with Crippen LogP contribution in [0.5, 0.6) is 11.5 Å². The Labute approximate surface area is 191 Å². The number of imidazole rings is 1. The zero-order valence-corrected chi connectivity index (χ0v) is 18.3. The second kappa shape index (κ2) is 10.0. The van der Waals surface area contributed by atoms with Crippen molar-refractivity contribution in [2.45, 2.75) is 13.2 Å². The molecule has 162 valence electrons. The molecule has 0 fully saturated rings. The van der Waals surface area contributed by atoms with Crippen molar-refractivity contribution in [2.75, 3.05) is 7.11 Å². The number of halogens is 1. The van der Waals surface area contributed by atoms with Gasteiger partial charge in [0.15, 0.2) is 16.7 Å². The normalized spacial score (nSPS) is 11.1. The summed E-state index contributed by atoms with van der Waals surface area (Å²) in [5.41, 5.74) is 3.34.